The number of imidazole rings is 1. The van der Waals surface area contributed by atoms with E-state index in [1.54, 1.807) is 13.3 Å². The maximum atomic E-state index is 12.3. The van der Waals surface area contributed by atoms with Crippen LogP contribution in [0.25, 0.3) is 5.69 Å². The Kier molecular flexibility index (Phi) is 3.73. The minimum absolute atomic E-state index is 0.332. The fraction of sp³-hybridized carbons (Fsp3) is 0.333. The molecule has 0 radical (unpaired) electrons. The summed E-state index contributed by atoms with van der Waals surface area (Å²) in [5.41, 5.74) is 13.1. The molecule has 2 N–H and O–H groups in total. The number of fused-ring (bicyclic) bond motifs is 5. The largest absolute Gasteiger partial charge is 0.461 e. The molecule has 3 heterocycles. The summed E-state index contributed by atoms with van der Waals surface area (Å²) in [4.78, 5) is 16.7. The third-order valence-electron chi connectivity index (χ3n) is 4.59. The Balaban J connectivity index is 1.94. The molecular weight excluding hydrogens is 318 g/mol. The van der Waals surface area contributed by atoms with Gasteiger partial charge in [-0.05, 0) is 38.0 Å². The van der Waals surface area contributed by atoms with Crippen LogP contribution in [0.5, 0.6) is 0 Å². The van der Waals surface area contributed by atoms with Crippen molar-refractivity contribution in [3.63, 3.8) is 0 Å². The second-order valence-corrected chi connectivity index (χ2v) is 6.15. The number of aryl methyl sites for hydroxylation is 1. The van der Waals surface area contributed by atoms with Gasteiger partial charge in [0.25, 0.3) is 0 Å². The van der Waals surface area contributed by atoms with E-state index in [1.807, 2.05) is 4.57 Å². The Bertz CT molecular complexity index is 884. The summed E-state index contributed by atoms with van der Waals surface area (Å²) in [7, 11) is 0. The van der Waals surface area contributed by atoms with E-state index in [0.717, 1.165) is 34.9 Å². The summed E-state index contributed by atoms with van der Waals surface area (Å²) in [6.07, 6.45) is 3.16. The smallest absolute Gasteiger partial charge is 0.358 e. The zero-order valence-electron chi connectivity index (χ0n) is 14.6. The average molecular weight is 339 g/mol. The molecule has 7 heteroatoms. The van der Waals surface area contributed by atoms with Crippen LogP contribution >= 0.6 is 0 Å². The van der Waals surface area contributed by atoms with E-state index in [-0.39, 0.29) is 5.97 Å². The molecule has 0 bridgehead atoms. The number of hydrogen-bond acceptors (Lipinski definition) is 6. The van der Waals surface area contributed by atoms with Gasteiger partial charge in [0.15, 0.2) is 5.69 Å². The Morgan fingerprint density at radius 3 is 2.92 bits per heavy atom. The topological polar surface area (TPSA) is 71.4 Å². The van der Waals surface area contributed by atoms with Crippen molar-refractivity contribution in [3.05, 3.63) is 52.9 Å². The summed E-state index contributed by atoms with van der Waals surface area (Å²) < 4.78 is 7.18. The molecule has 2 aromatic rings. The van der Waals surface area contributed by atoms with Crippen LogP contribution in [0.3, 0.4) is 0 Å². The van der Waals surface area contributed by atoms with Gasteiger partial charge in [0.1, 0.15) is 6.33 Å². The van der Waals surface area contributed by atoms with Crippen molar-refractivity contribution in [2.75, 3.05) is 11.6 Å². The van der Waals surface area contributed by atoms with Gasteiger partial charge in [-0.3, -0.25) is 9.58 Å². The highest BCUT2D eigenvalue weighted by atomic mass is 16.5. The fourth-order valence-corrected chi connectivity index (χ4v) is 3.38. The lowest BCUT2D eigenvalue weighted by Gasteiger charge is -2.21. The van der Waals surface area contributed by atoms with Crippen LogP contribution in [-0.4, -0.2) is 22.1 Å². The molecule has 0 saturated carbocycles. The fourth-order valence-electron chi connectivity index (χ4n) is 3.38. The predicted molar refractivity (Wildman–Crippen MR) is 94.0 cm³/mol. The molecule has 1 aromatic carbocycles. The zero-order chi connectivity index (χ0) is 17.6. The van der Waals surface area contributed by atoms with Crippen molar-refractivity contribution in [3.8, 4) is 5.69 Å². The first-order chi connectivity index (χ1) is 12.1. The Labute approximate surface area is 146 Å². The third kappa shape index (κ3) is 2.39. The number of benzene rings is 1. The van der Waals surface area contributed by atoms with Gasteiger partial charge < -0.3 is 10.2 Å². The Hall–Kier alpha value is -2.80. The maximum Gasteiger partial charge on any atom is 0.358 e. The van der Waals surface area contributed by atoms with Crippen molar-refractivity contribution in [1.82, 2.24) is 20.5 Å². The number of aromatic nitrogens is 2. The summed E-state index contributed by atoms with van der Waals surface area (Å²) in [5.74, 6) is -0.379. The second kappa shape index (κ2) is 5.93. The molecular formula is C18H21N5O2. The van der Waals surface area contributed by atoms with E-state index in [1.165, 1.54) is 5.56 Å². The summed E-state index contributed by atoms with van der Waals surface area (Å²) in [5, 5.41) is 2.06. The van der Waals surface area contributed by atoms with Gasteiger partial charge in [0.2, 0.25) is 0 Å². The molecule has 1 aromatic heterocycles. The van der Waals surface area contributed by atoms with E-state index in [9.17, 15) is 4.79 Å². The number of nitrogens with one attached hydrogen (secondary N) is 2. The number of carbonyl (C=O) groups is 1. The number of nitrogens with zero attached hydrogens (tertiary/aromatic N) is 3. The van der Waals surface area contributed by atoms with Crippen molar-refractivity contribution < 1.29 is 9.53 Å². The minimum Gasteiger partial charge on any atom is -0.461 e. The third-order valence-corrected chi connectivity index (χ3v) is 4.59. The monoisotopic (exact) mass is 339 g/mol. The number of anilines is 1. The van der Waals surface area contributed by atoms with E-state index in [4.69, 9.17) is 4.74 Å². The highest BCUT2D eigenvalue weighted by molar-refractivity contribution is 5.89. The lowest BCUT2D eigenvalue weighted by Crippen LogP contribution is -2.38. The molecule has 0 saturated heterocycles. The molecule has 0 amide bonds. The standard InChI is InChI=1S/C18H21N5O2/c1-4-12-14-9-16-17(18(24)25-5-2)19-10-22(16)13-7-6-11(3)8-15(13)23(14)21-20-12/h6-8,10,20-21H,4-5,9H2,1-3H3. The number of esters is 1. The second-order valence-electron chi connectivity index (χ2n) is 6.15. The van der Waals surface area contributed by atoms with Crippen LogP contribution in [0.4, 0.5) is 5.69 Å². The van der Waals surface area contributed by atoms with Crippen molar-refractivity contribution in [2.45, 2.75) is 33.6 Å². The van der Waals surface area contributed by atoms with E-state index < -0.39 is 0 Å². The molecule has 2 aliphatic heterocycles. The number of rotatable bonds is 3. The molecule has 2 aliphatic rings. The summed E-state index contributed by atoms with van der Waals surface area (Å²) in [6, 6.07) is 6.24. The number of ether oxygens (including phenoxy) is 1. The highest BCUT2D eigenvalue weighted by Crippen LogP contribution is 2.36. The van der Waals surface area contributed by atoms with E-state index in [2.05, 4.69) is 53.0 Å². The molecule has 130 valence electrons. The molecule has 0 aliphatic carbocycles. The lowest BCUT2D eigenvalue weighted by molar-refractivity contribution is 0.0519. The van der Waals surface area contributed by atoms with Gasteiger partial charge >= 0.3 is 5.97 Å². The number of hydrogen-bond donors (Lipinski definition) is 2. The van der Waals surface area contributed by atoms with Crippen molar-refractivity contribution >= 4 is 11.7 Å². The molecule has 0 fully saturated rings. The average Bonchev–Trinajstić information content (AvgIpc) is 3.17. The SMILES string of the molecule is CCOC(=O)c1ncn2c1CC1=C(CC)NNN1c1cc(C)ccc1-2. The van der Waals surface area contributed by atoms with Gasteiger partial charge in [-0.2, -0.15) is 0 Å². The first-order valence-electron chi connectivity index (χ1n) is 8.52. The first-order valence-corrected chi connectivity index (χ1v) is 8.52. The van der Waals surface area contributed by atoms with Crippen LogP contribution in [0.1, 0.15) is 42.0 Å². The maximum absolute atomic E-state index is 12.3. The number of hydrazine groups is 2. The number of carbonyl (C=O) groups excluding carboxylic acids is 1. The molecule has 4 rings (SSSR count). The van der Waals surface area contributed by atoms with E-state index >= 15 is 0 Å². The summed E-state index contributed by atoms with van der Waals surface area (Å²) in [6.45, 7) is 6.30. The molecule has 0 unspecified atom stereocenters. The normalized spacial score (nSPS) is 15.2. The molecule has 0 atom stereocenters. The lowest BCUT2D eigenvalue weighted by atomic mass is 10.1. The Morgan fingerprint density at radius 2 is 2.16 bits per heavy atom. The van der Waals surface area contributed by atoms with Gasteiger partial charge in [0, 0.05) is 12.1 Å². The van der Waals surface area contributed by atoms with Crippen LogP contribution < -0.4 is 16.0 Å². The van der Waals surface area contributed by atoms with Crippen LogP contribution in [-0.2, 0) is 11.2 Å². The van der Waals surface area contributed by atoms with Crippen LogP contribution in [0.2, 0.25) is 0 Å². The Morgan fingerprint density at radius 1 is 1.32 bits per heavy atom. The predicted octanol–water partition coefficient (Wildman–Crippen LogP) is 2.36. The van der Waals surface area contributed by atoms with Gasteiger partial charge in [-0.1, -0.05) is 13.0 Å². The first kappa shape index (κ1) is 15.7. The van der Waals surface area contributed by atoms with Crippen LogP contribution in [0, 0.1) is 6.92 Å². The molecule has 0 spiro atoms. The molecule has 25 heavy (non-hydrogen) atoms. The minimum atomic E-state index is -0.379. The highest BCUT2D eigenvalue weighted by Gasteiger charge is 2.32. The summed E-state index contributed by atoms with van der Waals surface area (Å²) >= 11 is 0. The quantitative estimate of drug-likeness (QED) is 0.837. The van der Waals surface area contributed by atoms with Crippen molar-refractivity contribution in [1.29, 1.82) is 0 Å². The molecule has 7 nitrogen and oxygen atoms in total. The van der Waals surface area contributed by atoms with Gasteiger partial charge in [-0.25, -0.2) is 9.78 Å². The number of allylic oxidation sites excluding steroid dienone is 2. The van der Waals surface area contributed by atoms with Gasteiger partial charge in [0.05, 0.1) is 29.4 Å². The van der Waals surface area contributed by atoms with Crippen LogP contribution in [0.15, 0.2) is 35.9 Å². The zero-order valence-corrected chi connectivity index (χ0v) is 14.6. The van der Waals surface area contributed by atoms with E-state index in [0.29, 0.717) is 18.7 Å². The van der Waals surface area contributed by atoms with Crippen molar-refractivity contribution in [2.24, 2.45) is 0 Å². The van der Waals surface area contributed by atoms with Gasteiger partial charge in [-0.15, -0.1) is 5.53 Å².